The maximum absolute atomic E-state index is 12.3. The van der Waals surface area contributed by atoms with E-state index in [1.165, 1.54) is 0 Å². The maximum atomic E-state index is 12.3. The normalized spacial score (nSPS) is 12.0. The summed E-state index contributed by atoms with van der Waals surface area (Å²) in [4.78, 5) is 12.1. The number of carbonyl (C=O) groups is 1. The Morgan fingerprint density at radius 2 is 1.56 bits per heavy atom. The van der Waals surface area contributed by atoms with Crippen LogP contribution in [0.3, 0.4) is 0 Å². The molecule has 0 atom stereocenters. The molecule has 0 heterocycles. The second-order valence-electron chi connectivity index (χ2n) is 7.51. The number of hydrogen-bond donors (Lipinski definition) is 2. The van der Waals surface area contributed by atoms with Crippen LogP contribution in [-0.2, 0) is 26.7 Å². The minimum absolute atomic E-state index is 0.0280. The first-order chi connectivity index (χ1) is 12.7. The second kappa shape index (κ2) is 9.15. The lowest BCUT2D eigenvalue weighted by molar-refractivity contribution is -0.121. The van der Waals surface area contributed by atoms with E-state index in [0.29, 0.717) is 12.8 Å². The molecule has 0 saturated carbocycles. The van der Waals surface area contributed by atoms with Gasteiger partial charge in [0, 0.05) is 19.5 Å². The van der Waals surface area contributed by atoms with Crippen molar-refractivity contribution in [3.8, 4) is 0 Å². The van der Waals surface area contributed by atoms with Gasteiger partial charge in [-0.1, -0.05) is 63.2 Å². The number of sulfonamides is 1. The lowest BCUT2D eigenvalue weighted by Crippen LogP contribution is -2.34. The van der Waals surface area contributed by atoms with Crippen LogP contribution in [0.4, 0.5) is 0 Å². The molecule has 0 bridgehead atoms. The van der Waals surface area contributed by atoms with Gasteiger partial charge in [0.05, 0.1) is 4.90 Å². The first-order valence-corrected chi connectivity index (χ1v) is 10.6. The summed E-state index contributed by atoms with van der Waals surface area (Å²) in [6.45, 7) is 6.65. The van der Waals surface area contributed by atoms with Crippen LogP contribution >= 0.6 is 0 Å². The lowest BCUT2D eigenvalue weighted by atomic mass is 9.87. The molecule has 0 unspecified atom stereocenters. The molecule has 146 valence electrons. The van der Waals surface area contributed by atoms with E-state index >= 15 is 0 Å². The van der Waals surface area contributed by atoms with Gasteiger partial charge in [0.1, 0.15) is 0 Å². The van der Waals surface area contributed by atoms with Crippen molar-refractivity contribution in [3.05, 3.63) is 65.7 Å². The minimum atomic E-state index is -3.58. The maximum Gasteiger partial charge on any atom is 0.240 e. The number of benzene rings is 2. The van der Waals surface area contributed by atoms with Crippen LogP contribution in [-0.4, -0.2) is 27.4 Å². The van der Waals surface area contributed by atoms with Gasteiger partial charge >= 0.3 is 0 Å². The quantitative estimate of drug-likeness (QED) is 0.683. The molecule has 0 saturated heterocycles. The third-order valence-corrected chi connectivity index (χ3v) is 5.73. The van der Waals surface area contributed by atoms with Gasteiger partial charge in [-0.25, -0.2) is 13.1 Å². The SMILES string of the molecule is CC(C)(C)c1ccc(S(=O)(=O)NCCNC(=O)CCc2ccccc2)cc1. The fourth-order valence-corrected chi connectivity index (χ4v) is 3.63. The third kappa shape index (κ3) is 6.81. The predicted octanol–water partition coefficient (Wildman–Crippen LogP) is 3.01. The predicted molar refractivity (Wildman–Crippen MR) is 108 cm³/mol. The fourth-order valence-electron chi connectivity index (χ4n) is 2.60. The van der Waals surface area contributed by atoms with E-state index in [9.17, 15) is 13.2 Å². The van der Waals surface area contributed by atoms with Crippen molar-refractivity contribution in [3.63, 3.8) is 0 Å². The van der Waals surface area contributed by atoms with Crippen molar-refractivity contribution < 1.29 is 13.2 Å². The Bertz CT molecular complexity index is 839. The van der Waals surface area contributed by atoms with E-state index in [0.717, 1.165) is 11.1 Å². The zero-order chi connectivity index (χ0) is 19.9. The summed E-state index contributed by atoms with van der Waals surface area (Å²) < 4.78 is 27.2. The monoisotopic (exact) mass is 388 g/mol. The van der Waals surface area contributed by atoms with Crippen molar-refractivity contribution in [2.75, 3.05) is 13.1 Å². The molecule has 27 heavy (non-hydrogen) atoms. The van der Waals surface area contributed by atoms with Crippen molar-refractivity contribution >= 4 is 15.9 Å². The molecule has 0 aromatic heterocycles. The van der Waals surface area contributed by atoms with Crippen molar-refractivity contribution in [2.24, 2.45) is 0 Å². The van der Waals surface area contributed by atoms with Crippen molar-refractivity contribution in [1.29, 1.82) is 0 Å². The van der Waals surface area contributed by atoms with Gasteiger partial charge < -0.3 is 5.32 Å². The van der Waals surface area contributed by atoms with Crippen molar-refractivity contribution in [2.45, 2.75) is 43.9 Å². The third-order valence-electron chi connectivity index (χ3n) is 4.25. The molecule has 0 radical (unpaired) electrons. The summed E-state index contributed by atoms with van der Waals surface area (Å²) in [6, 6.07) is 16.7. The van der Waals surface area contributed by atoms with Gasteiger partial charge in [-0.3, -0.25) is 4.79 Å². The van der Waals surface area contributed by atoms with Crippen LogP contribution in [0.5, 0.6) is 0 Å². The molecule has 2 aromatic carbocycles. The standard InChI is InChI=1S/C21H28N2O3S/c1-21(2,3)18-10-12-19(13-11-18)27(25,26)23-16-15-22-20(24)14-9-17-7-5-4-6-8-17/h4-8,10-13,23H,9,14-16H2,1-3H3,(H,22,24). The van der Waals surface area contributed by atoms with Gasteiger partial charge in [0.15, 0.2) is 0 Å². The summed E-state index contributed by atoms with van der Waals surface area (Å²) in [5.41, 5.74) is 2.15. The summed E-state index contributed by atoms with van der Waals surface area (Å²) in [5.74, 6) is -0.0902. The molecule has 0 spiro atoms. The van der Waals surface area contributed by atoms with Crippen LogP contribution in [0.1, 0.15) is 38.3 Å². The molecule has 2 aromatic rings. The van der Waals surface area contributed by atoms with Gasteiger partial charge in [0.25, 0.3) is 0 Å². The molecule has 6 heteroatoms. The highest BCUT2D eigenvalue weighted by molar-refractivity contribution is 7.89. The number of nitrogens with one attached hydrogen (secondary N) is 2. The Morgan fingerprint density at radius 3 is 2.15 bits per heavy atom. The number of rotatable bonds is 8. The first-order valence-electron chi connectivity index (χ1n) is 9.09. The van der Waals surface area contributed by atoms with Crippen LogP contribution in [0.25, 0.3) is 0 Å². The summed E-state index contributed by atoms with van der Waals surface area (Å²) in [6.07, 6.45) is 1.05. The first kappa shape index (κ1) is 21.1. The molecular formula is C21H28N2O3S. The van der Waals surface area contributed by atoms with E-state index in [4.69, 9.17) is 0 Å². The highest BCUT2D eigenvalue weighted by atomic mass is 32.2. The molecular weight excluding hydrogens is 360 g/mol. The number of carbonyl (C=O) groups excluding carboxylic acids is 1. The topological polar surface area (TPSA) is 75.3 Å². The van der Waals surface area contributed by atoms with Crippen molar-refractivity contribution in [1.82, 2.24) is 10.0 Å². The average Bonchev–Trinajstić information content (AvgIpc) is 2.64. The Kier molecular flexibility index (Phi) is 7.16. The summed E-state index contributed by atoms with van der Waals surface area (Å²) >= 11 is 0. The van der Waals surface area contributed by atoms with Crippen LogP contribution in [0.2, 0.25) is 0 Å². The largest absolute Gasteiger partial charge is 0.355 e. The Hall–Kier alpha value is -2.18. The van der Waals surface area contributed by atoms with E-state index < -0.39 is 10.0 Å². The summed E-state index contributed by atoms with van der Waals surface area (Å²) in [7, 11) is -3.58. The van der Waals surface area contributed by atoms with Gasteiger partial charge in [0.2, 0.25) is 15.9 Å². The molecule has 0 fully saturated rings. The zero-order valence-electron chi connectivity index (χ0n) is 16.2. The molecule has 0 aliphatic rings. The average molecular weight is 389 g/mol. The zero-order valence-corrected chi connectivity index (χ0v) is 17.0. The van der Waals surface area contributed by atoms with E-state index in [-0.39, 0.29) is 29.3 Å². The van der Waals surface area contributed by atoms with Gasteiger partial charge in [-0.15, -0.1) is 0 Å². The van der Waals surface area contributed by atoms with Gasteiger partial charge in [-0.05, 0) is 35.1 Å². The number of aryl methyl sites for hydroxylation is 1. The fraction of sp³-hybridized carbons (Fsp3) is 0.381. The Balaban J connectivity index is 1.76. The smallest absolute Gasteiger partial charge is 0.240 e. The van der Waals surface area contributed by atoms with Crippen LogP contribution in [0, 0.1) is 0 Å². The van der Waals surface area contributed by atoms with Crippen LogP contribution in [0.15, 0.2) is 59.5 Å². The van der Waals surface area contributed by atoms with E-state index in [1.807, 2.05) is 42.5 Å². The van der Waals surface area contributed by atoms with Gasteiger partial charge in [-0.2, -0.15) is 0 Å². The highest BCUT2D eigenvalue weighted by Gasteiger charge is 2.17. The van der Waals surface area contributed by atoms with Crippen LogP contribution < -0.4 is 10.0 Å². The lowest BCUT2D eigenvalue weighted by Gasteiger charge is -2.19. The molecule has 5 nitrogen and oxygen atoms in total. The molecule has 0 aliphatic carbocycles. The molecule has 2 rings (SSSR count). The van der Waals surface area contributed by atoms with E-state index in [1.54, 1.807) is 12.1 Å². The number of amides is 1. The molecule has 0 aliphatic heterocycles. The minimum Gasteiger partial charge on any atom is -0.355 e. The Morgan fingerprint density at radius 1 is 0.926 bits per heavy atom. The second-order valence-corrected chi connectivity index (χ2v) is 9.27. The highest BCUT2D eigenvalue weighted by Crippen LogP contribution is 2.23. The molecule has 1 amide bonds. The number of hydrogen-bond acceptors (Lipinski definition) is 3. The Labute approximate surface area is 162 Å². The van der Waals surface area contributed by atoms with E-state index in [2.05, 4.69) is 30.8 Å². The molecule has 2 N–H and O–H groups in total. The summed E-state index contributed by atoms with van der Waals surface area (Å²) in [5, 5.41) is 2.74.